The number of ether oxygens (including phenoxy) is 1. The Morgan fingerprint density at radius 1 is 0.970 bits per heavy atom. The van der Waals surface area contributed by atoms with Crippen molar-refractivity contribution >= 4 is 21.6 Å². The van der Waals surface area contributed by atoms with Gasteiger partial charge in [-0.25, -0.2) is 8.42 Å². The van der Waals surface area contributed by atoms with Crippen LogP contribution in [-0.4, -0.2) is 87.0 Å². The van der Waals surface area contributed by atoms with Crippen molar-refractivity contribution in [1.82, 2.24) is 14.1 Å². The summed E-state index contributed by atoms with van der Waals surface area (Å²) in [6, 6.07) is 16.6. The molecule has 2 aliphatic rings. The molecule has 1 unspecified atom stereocenters. The third-order valence-corrected chi connectivity index (χ3v) is 8.19. The van der Waals surface area contributed by atoms with E-state index in [9.17, 15) is 13.2 Å². The first-order valence-electron chi connectivity index (χ1n) is 11.4. The van der Waals surface area contributed by atoms with Crippen molar-refractivity contribution in [3.05, 3.63) is 60.2 Å². The quantitative estimate of drug-likeness (QED) is 0.662. The Bertz CT molecular complexity index is 1030. The monoisotopic (exact) mass is 472 g/mol. The molecule has 2 heterocycles. The molecule has 33 heavy (non-hydrogen) atoms. The van der Waals surface area contributed by atoms with Gasteiger partial charge >= 0.3 is 0 Å². The molecule has 0 radical (unpaired) electrons. The number of nitrogens with one attached hydrogen (secondary N) is 1. The van der Waals surface area contributed by atoms with Gasteiger partial charge in [0.25, 0.3) is 0 Å². The Labute approximate surface area is 196 Å². The maximum atomic E-state index is 12.9. The molecule has 1 atom stereocenters. The highest BCUT2D eigenvalue weighted by atomic mass is 32.2. The summed E-state index contributed by atoms with van der Waals surface area (Å²) in [6.45, 7) is 7.71. The Hall–Kier alpha value is -2.30. The number of sulfonamides is 1. The van der Waals surface area contributed by atoms with Crippen LogP contribution in [0.15, 0.2) is 59.5 Å². The number of rotatable bonds is 7. The fourth-order valence-corrected chi connectivity index (χ4v) is 5.69. The molecule has 0 saturated carbocycles. The lowest BCUT2D eigenvalue weighted by atomic mass is 10.1. The van der Waals surface area contributed by atoms with Gasteiger partial charge in [0.15, 0.2) is 0 Å². The third-order valence-electron chi connectivity index (χ3n) is 6.29. The smallest absolute Gasteiger partial charge is 0.243 e. The molecule has 0 spiro atoms. The largest absolute Gasteiger partial charge is 0.379 e. The van der Waals surface area contributed by atoms with Crippen LogP contribution in [0.5, 0.6) is 0 Å². The molecule has 178 valence electrons. The van der Waals surface area contributed by atoms with Crippen LogP contribution in [0.2, 0.25) is 0 Å². The van der Waals surface area contributed by atoms with Crippen LogP contribution in [-0.2, 0) is 26.1 Å². The van der Waals surface area contributed by atoms with Crippen molar-refractivity contribution in [3.8, 4) is 0 Å². The number of morpholine rings is 1. The molecule has 4 rings (SSSR count). The van der Waals surface area contributed by atoms with Gasteiger partial charge in [-0.2, -0.15) is 4.31 Å². The average Bonchev–Trinajstić information content (AvgIpc) is 2.85. The summed E-state index contributed by atoms with van der Waals surface area (Å²) < 4.78 is 32.5. The first kappa shape index (κ1) is 23.8. The summed E-state index contributed by atoms with van der Waals surface area (Å²) in [5.74, 6) is -0.132. The summed E-state index contributed by atoms with van der Waals surface area (Å²) in [6.07, 6.45) is 0. The van der Waals surface area contributed by atoms with Crippen LogP contribution in [0.25, 0.3) is 0 Å². The van der Waals surface area contributed by atoms with Crippen LogP contribution in [0.4, 0.5) is 5.69 Å². The van der Waals surface area contributed by atoms with Gasteiger partial charge < -0.3 is 10.1 Å². The predicted octanol–water partition coefficient (Wildman–Crippen LogP) is 1.85. The molecule has 2 fully saturated rings. The summed E-state index contributed by atoms with van der Waals surface area (Å²) >= 11 is 0. The van der Waals surface area contributed by atoms with Gasteiger partial charge in [-0.1, -0.05) is 36.4 Å². The van der Waals surface area contributed by atoms with Gasteiger partial charge in [0.1, 0.15) is 0 Å². The summed E-state index contributed by atoms with van der Waals surface area (Å²) in [4.78, 5) is 17.7. The van der Waals surface area contributed by atoms with Crippen molar-refractivity contribution in [2.24, 2.45) is 0 Å². The SMILES string of the molecule is CC(C(=O)Nc1cccc(S(=O)(=O)N2CCOCC2)c1)N1CCN(Cc2ccccc2)CC1. The van der Waals surface area contributed by atoms with E-state index in [1.54, 1.807) is 18.2 Å². The minimum atomic E-state index is -3.61. The van der Waals surface area contributed by atoms with E-state index in [1.807, 2.05) is 13.0 Å². The second-order valence-corrected chi connectivity index (χ2v) is 10.4. The number of hydrogen-bond acceptors (Lipinski definition) is 6. The highest BCUT2D eigenvalue weighted by Gasteiger charge is 2.28. The van der Waals surface area contributed by atoms with E-state index in [2.05, 4.69) is 39.4 Å². The van der Waals surface area contributed by atoms with E-state index in [4.69, 9.17) is 4.74 Å². The van der Waals surface area contributed by atoms with Gasteiger partial charge in [-0.3, -0.25) is 14.6 Å². The Morgan fingerprint density at radius 3 is 2.36 bits per heavy atom. The van der Waals surface area contributed by atoms with Gasteiger partial charge in [-0.15, -0.1) is 0 Å². The molecule has 2 aromatic carbocycles. The highest BCUT2D eigenvalue weighted by Crippen LogP contribution is 2.21. The van der Waals surface area contributed by atoms with E-state index < -0.39 is 10.0 Å². The number of carbonyl (C=O) groups is 1. The molecular weight excluding hydrogens is 440 g/mol. The highest BCUT2D eigenvalue weighted by molar-refractivity contribution is 7.89. The van der Waals surface area contributed by atoms with Crippen LogP contribution in [0, 0.1) is 0 Å². The molecule has 1 N–H and O–H groups in total. The molecule has 2 aliphatic heterocycles. The van der Waals surface area contributed by atoms with E-state index >= 15 is 0 Å². The Balaban J connectivity index is 1.32. The zero-order valence-corrected chi connectivity index (χ0v) is 19.8. The number of amides is 1. The fraction of sp³-hybridized carbons (Fsp3) is 0.458. The number of benzene rings is 2. The summed E-state index contributed by atoms with van der Waals surface area (Å²) in [7, 11) is -3.61. The lowest BCUT2D eigenvalue weighted by Crippen LogP contribution is -2.52. The zero-order valence-electron chi connectivity index (χ0n) is 19.0. The molecular formula is C24H32N4O4S. The molecule has 0 aliphatic carbocycles. The van der Waals surface area contributed by atoms with Crippen LogP contribution >= 0.6 is 0 Å². The second-order valence-electron chi connectivity index (χ2n) is 8.51. The number of carbonyl (C=O) groups excluding carboxylic acids is 1. The van der Waals surface area contributed by atoms with E-state index in [-0.39, 0.29) is 16.8 Å². The topological polar surface area (TPSA) is 82.2 Å². The number of piperazine rings is 1. The normalized spacial score (nSPS) is 19.8. The summed E-state index contributed by atoms with van der Waals surface area (Å²) in [5.41, 5.74) is 1.78. The molecule has 0 bridgehead atoms. The standard InChI is InChI=1S/C24H32N4O4S/c1-20(27-12-10-26(11-13-27)19-21-6-3-2-4-7-21)24(29)25-22-8-5-9-23(18-22)33(30,31)28-14-16-32-17-15-28/h2-9,18,20H,10-17,19H2,1H3,(H,25,29). The lowest BCUT2D eigenvalue weighted by molar-refractivity contribution is -0.121. The average molecular weight is 473 g/mol. The van der Waals surface area contributed by atoms with Crippen molar-refractivity contribution < 1.29 is 17.9 Å². The van der Waals surface area contributed by atoms with Gasteiger partial charge in [0.2, 0.25) is 15.9 Å². The van der Waals surface area contributed by atoms with E-state index in [0.717, 1.165) is 32.7 Å². The van der Waals surface area contributed by atoms with Crippen LogP contribution < -0.4 is 5.32 Å². The fourth-order valence-electron chi connectivity index (χ4n) is 4.23. The first-order chi connectivity index (χ1) is 15.9. The molecule has 9 heteroatoms. The third kappa shape index (κ3) is 5.99. The molecule has 8 nitrogen and oxygen atoms in total. The molecule has 0 aromatic heterocycles. The number of nitrogens with zero attached hydrogens (tertiary/aromatic N) is 3. The van der Waals surface area contributed by atoms with Gasteiger partial charge in [0, 0.05) is 51.5 Å². The first-order valence-corrected chi connectivity index (χ1v) is 12.9. The van der Waals surface area contributed by atoms with E-state index in [0.29, 0.717) is 32.0 Å². The van der Waals surface area contributed by atoms with Crippen LogP contribution in [0.1, 0.15) is 12.5 Å². The van der Waals surface area contributed by atoms with Crippen molar-refractivity contribution in [2.45, 2.75) is 24.4 Å². The Kier molecular flexibility index (Phi) is 7.77. The van der Waals surface area contributed by atoms with Crippen LogP contribution in [0.3, 0.4) is 0 Å². The van der Waals surface area contributed by atoms with Gasteiger partial charge in [0.05, 0.1) is 24.2 Å². The maximum absolute atomic E-state index is 12.9. The van der Waals surface area contributed by atoms with E-state index in [1.165, 1.54) is 15.9 Å². The lowest BCUT2D eigenvalue weighted by Gasteiger charge is -2.37. The second kappa shape index (κ2) is 10.8. The number of anilines is 1. The molecule has 2 saturated heterocycles. The minimum absolute atomic E-state index is 0.132. The molecule has 2 aromatic rings. The minimum Gasteiger partial charge on any atom is -0.379 e. The van der Waals surface area contributed by atoms with Crippen molar-refractivity contribution in [3.63, 3.8) is 0 Å². The summed E-state index contributed by atoms with van der Waals surface area (Å²) in [5, 5.41) is 2.90. The van der Waals surface area contributed by atoms with Crippen molar-refractivity contribution in [2.75, 3.05) is 57.8 Å². The Morgan fingerprint density at radius 2 is 1.67 bits per heavy atom. The van der Waals surface area contributed by atoms with Gasteiger partial charge in [-0.05, 0) is 30.7 Å². The maximum Gasteiger partial charge on any atom is 0.243 e. The molecule has 1 amide bonds. The number of hydrogen-bond donors (Lipinski definition) is 1. The zero-order chi connectivity index (χ0) is 23.3. The predicted molar refractivity (Wildman–Crippen MR) is 127 cm³/mol. The van der Waals surface area contributed by atoms with Crippen molar-refractivity contribution in [1.29, 1.82) is 0 Å².